The van der Waals surface area contributed by atoms with Gasteiger partial charge in [-0.3, -0.25) is 0 Å². The fourth-order valence-corrected chi connectivity index (χ4v) is 3.80. The van der Waals surface area contributed by atoms with Crippen LogP contribution in [0.5, 0.6) is 0 Å². The minimum Gasteiger partial charge on any atom is -0.211 e. The minimum absolute atomic E-state index is 0.394. The van der Waals surface area contributed by atoms with Crippen LogP contribution in [0.2, 0.25) is 0 Å². The third-order valence-electron chi connectivity index (χ3n) is 2.97. The second-order valence-corrected chi connectivity index (χ2v) is 7.58. The lowest BCUT2D eigenvalue weighted by atomic mass is 10.2. The Morgan fingerprint density at radius 1 is 1.11 bits per heavy atom. The highest BCUT2D eigenvalue weighted by Gasteiger charge is 2.15. The predicted octanol–water partition coefficient (Wildman–Crippen LogP) is 3.58. The summed E-state index contributed by atoms with van der Waals surface area (Å²) in [6.45, 7) is 4.32. The Hall–Kier alpha value is -0.140. The number of aryl methyl sites for hydroxylation is 2. The van der Waals surface area contributed by atoms with E-state index in [1.807, 2.05) is 26.0 Å². The van der Waals surface area contributed by atoms with E-state index >= 15 is 0 Å². The molecule has 0 atom stereocenters. The molecule has 0 unspecified atom stereocenters. The number of unbranched alkanes of at least 4 members (excludes halogenated alkanes) is 3. The van der Waals surface area contributed by atoms with Gasteiger partial charge in [0, 0.05) is 6.54 Å². The van der Waals surface area contributed by atoms with Crippen LogP contribution in [-0.2, 0) is 10.0 Å². The quantitative estimate of drug-likeness (QED) is 0.416. The molecule has 1 aromatic rings. The van der Waals surface area contributed by atoms with Crippen molar-refractivity contribution in [1.29, 1.82) is 0 Å². The van der Waals surface area contributed by atoms with Crippen LogP contribution in [0.1, 0.15) is 36.8 Å². The van der Waals surface area contributed by atoms with Crippen LogP contribution in [0.4, 0.5) is 0 Å². The van der Waals surface area contributed by atoms with Crippen molar-refractivity contribution in [3.63, 3.8) is 0 Å². The molecule has 0 aliphatic heterocycles. The Morgan fingerprint density at radius 3 is 2.42 bits per heavy atom. The second-order valence-electron chi connectivity index (χ2n) is 4.77. The van der Waals surface area contributed by atoms with Crippen LogP contribution in [0, 0.1) is 13.8 Å². The molecule has 0 saturated heterocycles. The van der Waals surface area contributed by atoms with Gasteiger partial charge < -0.3 is 0 Å². The molecule has 108 valence electrons. The van der Waals surface area contributed by atoms with E-state index in [1.165, 1.54) is 17.3 Å². The molecule has 1 rings (SSSR count). The molecule has 0 aromatic heterocycles. The first-order valence-corrected chi connectivity index (χ1v) is 9.61. The molecule has 0 aliphatic rings. The standard InChI is InChI=1S/C14H22INO2S/c1-12-7-8-14(13(2)11-12)19(17,18)16-10-6-4-3-5-9-15/h7-8,11,16H,3-6,9-10H2,1-2H3. The van der Waals surface area contributed by atoms with Gasteiger partial charge in [-0.25, -0.2) is 13.1 Å². The molecular weight excluding hydrogens is 373 g/mol. The van der Waals surface area contributed by atoms with E-state index in [0.29, 0.717) is 11.4 Å². The number of rotatable bonds is 8. The lowest BCUT2D eigenvalue weighted by molar-refractivity contribution is 0.573. The fraction of sp³-hybridized carbons (Fsp3) is 0.571. The van der Waals surface area contributed by atoms with E-state index in [-0.39, 0.29) is 0 Å². The summed E-state index contributed by atoms with van der Waals surface area (Å²) in [4.78, 5) is 0.394. The second kappa shape index (κ2) is 8.21. The molecule has 0 aliphatic carbocycles. The van der Waals surface area contributed by atoms with Crippen LogP contribution < -0.4 is 4.72 Å². The smallest absolute Gasteiger partial charge is 0.211 e. The topological polar surface area (TPSA) is 46.2 Å². The van der Waals surface area contributed by atoms with Gasteiger partial charge in [-0.15, -0.1) is 0 Å². The Kier molecular flexibility index (Phi) is 7.31. The monoisotopic (exact) mass is 395 g/mol. The van der Waals surface area contributed by atoms with E-state index in [2.05, 4.69) is 27.3 Å². The predicted molar refractivity (Wildman–Crippen MR) is 88.5 cm³/mol. The number of hydrogen-bond acceptors (Lipinski definition) is 2. The molecule has 0 fully saturated rings. The van der Waals surface area contributed by atoms with Gasteiger partial charge in [0.2, 0.25) is 10.0 Å². The lowest BCUT2D eigenvalue weighted by Gasteiger charge is -2.09. The van der Waals surface area contributed by atoms with E-state index in [1.54, 1.807) is 6.07 Å². The van der Waals surface area contributed by atoms with Crippen molar-refractivity contribution in [1.82, 2.24) is 4.72 Å². The zero-order valence-corrected chi connectivity index (χ0v) is 14.6. The largest absolute Gasteiger partial charge is 0.240 e. The minimum atomic E-state index is -3.35. The number of benzene rings is 1. The maximum Gasteiger partial charge on any atom is 0.240 e. The molecule has 0 heterocycles. The van der Waals surface area contributed by atoms with Crippen LogP contribution in [0.25, 0.3) is 0 Å². The first-order chi connectivity index (χ1) is 8.97. The van der Waals surface area contributed by atoms with Crippen molar-refractivity contribution < 1.29 is 8.42 Å². The molecular formula is C14H22INO2S. The molecule has 0 bridgehead atoms. The van der Waals surface area contributed by atoms with Gasteiger partial charge in [0.15, 0.2) is 0 Å². The zero-order valence-electron chi connectivity index (χ0n) is 11.6. The normalized spacial score (nSPS) is 11.7. The van der Waals surface area contributed by atoms with Crippen LogP contribution >= 0.6 is 22.6 Å². The third kappa shape index (κ3) is 5.79. The summed E-state index contributed by atoms with van der Waals surface area (Å²) >= 11 is 2.36. The highest BCUT2D eigenvalue weighted by Crippen LogP contribution is 2.16. The molecule has 1 N–H and O–H groups in total. The summed E-state index contributed by atoms with van der Waals surface area (Å²) in [6, 6.07) is 5.42. The average Bonchev–Trinajstić information content (AvgIpc) is 2.33. The highest BCUT2D eigenvalue weighted by atomic mass is 127. The molecule has 1 aromatic carbocycles. The molecule has 19 heavy (non-hydrogen) atoms. The summed E-state index contributed by atoms with van der Waals surface area (Å²) in [5, 5.41) is 0. The third-order valence-corrected chi connectivity index (χ3v) is 5.36. The van der Waals surface area contributed by atoms with Gasteiger partial charge in [-0.1, -0.05) is 53.1 Å². The molecule has 0 radical (unpaired) electrons. The van der Waals surface area contributed by atoms with E-state index in [4.69, 9.17) is 0 Å². The zero-order chi connectivity index (χ0) is 14.3. The summed E-state index contributed by atoms with van der Waals surface area (Å²) in [7, 11) is -3.35. The van der Waals surface area contributed by atoms with Crippen molar-refractivity contribution in [3.8, 4) is 0 Å². The Morgan fingerprint density at radius 2 is 1.79 bits per heavy atom. The summed E-state index contributed by atoms with van der Waals surface area (Å²) in [5.41, 5.74) is 1.88. The van der Waals surface area contributed by atoms with Crippen LogP contribution in [0.3, 0.4) is 0 Å². The maximum atomic E-state index is 12.1. The summed E-state index contributed by atoms with van der Waals surface area (Å²) in [6.07, 6.45) is 4.37. The van der Waals surface area contributed by atoms with Crippen molar-refractivity contribution >= 4 is 32.6 Å². The van der Waals surface area contributed by atoms with E-state index in [9.17, 15) is 8.42 Å². The molecule has 3 nitrogen and oxygen atoms in total. The number of sulfonamides is 1. The Labute approximate surface area is 130 Å². The summed E-state index contributed by atoms with van der Waals surface area (Å²) < 4.78 is 28.1. The van der Waals surface area contributed by atoms with Gasteiger partial charge in [0.05, 0.1) is 4.90 Å². The van der Waals surface area contributed by atoms with Crippen molar-refractivity contribution in [2.45, 2.75) is 44.4 Å². The van der Waals surface area contributed by atoms with Crippen molar-refractivity contribution in [3.05, 3.63) is 29.3 Å². The fourth-order valence-electron chi connectivity index (χ4n) is 1.96. The number of halogens is 1. The van der Waals surface area contributed by atoms with Crippen LogP contribution in [-0.4, -0.2) is 19.4 Å². The Bertz CT molecular complexity index is 500. The van der Waals surface area contributed by atoms with Crippen molar-refractivity contribution in [2.75, 3.05) is 11.0 Å². The molecule has 0 saturated carbocycles. The highest BCUT2D eigenvalue weighted by molar-refractivity contribution is 14.1. The lowest BCUT2D eigenvalue weighted by Crippen LogP contribution is -2.25. The van der Waals surface area contributed by atoms with Gasteiger partial charge in [0.25, 0.3) is 0 Å². The van der Waals surface area contributed by atoms with E-state index < -0.39 is 10.0 Å². The number of nitrogens with one attached hydrogen (secondary N) is 1. The number of alkyl halides is 1. The van der Waals surface area contributed by atoms with Crippen molar-refractivity contribution in [2.24, 2.45) is 0 Å². The van der Waals surface area contributed by atoms with Gasteiger partial charge in [-0.05, 0) is 42.7 Å². The van der Waals surface area contributed by atoms with Gasteiger partial charge in [0.1, 0.15) is 0 Å². The average molecular weight is 395 g/mol. The molecule has 0 spiro atoms. The molecule has 5 heteroatoms. The Balaban J connectivity index is 2.52. The van der Waals surface area contributed by atoms with Gasteiger partial charge >= 0.3 is 0 Å². The maximum absolute atomic E-state index is 12.1. The van der Waals surface area contributed by atoms with Gasteiger partial charge in [-0.2, -0.15) is 0 Å². The first kappa shape index (κ1) is 16.9. The SMILES string of the molecule is Cc1ccc(S(=O)(=O)NCCCCCCI)c(C)c1. The first-order valence-electron chi connectivity index (χ1n) is 6.60. The number of hydrogen-bond donors (Lipinski definition) is 1. The van der Waals surface area contributed by atoms with E-state index in [0.717, 1.165) is 24.0 Å². The molecule has 0 amide bonds. The van der Waals surface area contributed by atoms with Crippen LogP contribution in [0.15, 0.2) is 23.1 Å². The summed E-state index contributed by atoms with van der Waals surface area (Å²) in [5.74, 6) is 0.